The van der Waals surface area contributed by atoms with Crippen molar-refractivity contribution in [3.63, 3.8) is 0 Å². The molecular formula is C26H32N8S2+2. The van der Waals surface area contributed by atoms with Crippen molar-refractivity contribution in [1.29, 1.82) is 0 Å². The molecule has 0 aliphatic rings. The summed E-state index contributed by atoms with van der Waals surface area (Å²) in [6.07, 6.45) is 6.11. The minimum atomic E-state index is 0.880. The van der Waals surface area contributed by atoms with E-state index in [0.29, 0.717) is 0 Å². The first-order valence-corrected chi connectivity index (χ1v) is 13.6. The van der Waals surface area contributed by atoms with Crippen LogP contribution in [0.15, 0.2) is 80.0 Å². The maximum atomic E-state index is 4.40. The Kier molecular flexibility index (Phi) is 8.85. The summed E-state index contributed by atoms with van der Waals surface area (Å²) in [5.74, 6) is 0. The van der Waals surface area contributed by atoms with Gasteiger partial charge < -0.3 is 10.6 Å². The van der Waals surface area contributed by atoms with E-state index < -0.39 is 0 Å². The molecule has 0 saturated heterocycles. The monoisotopic (exact) mass is 520 g/mol. The summed E-state index contributed by atoms with van der Waals surface area (Å²) in [6.45, 7) is 5.97. The Labute approximate surface area is 220 Å². The molecule has 8 nitrogen and oxygen atoms in total. The molecule has 0 aliphatic heterocycles. The van der Waals surface area contributed by atoms with E-state index in [-0.39, 0.29) is 0 Å². The number of aryl methyl sites for hydroxylation is 4. The van der Waals surface area contributed by atoms with Crippen LogP contribution in [0.4, 0.5) is 33.0 Å². The van der Waals surface area contributed by atoms with Gasteiger partial charge in [0.05, 0.1) is 24.3 Å². The smallest absolute Gasteiger partial charge is 0.385 e. The van der Waals surface area contributed by atoms with E-state index in [4.69, 9.17) is 0 Å². The highest BCUT2D eigenvalue weighted by Crippen LogP contribution is 2.26. The summed E-state index contributed by atoms with van der Waals surface area (Å²) in [5.41, 5.74) is 6.21. The van der Waals surface area contributed by atoms with E-state index in [1.807, 2.05) is 58.5 Å². The normalized spacial score (nSPS) is 11.6. The Morgan fingerprint density at radius 2 is 1.11 bits per heavy atom. The fourth-order valence-corrected chi connectivity index (χ4v) is 4.87. The van der Waals surface area contributed by atoms with Gasteiger partial charge in [0.15, 0.2) is 0 Å². The van der Waals surface area contributed by atoms with Gasteiger partial charge in [-0.2, -0.15) is 0 Å². The van der Waals surface area contributed by atoms with Gasteiger partial charge >= 0.3 is 10.3 Å². The van der Waals surface area contributed by atoms with Crippen molar-refractivity contribution in [2.24, 2.45) is 34.6 Å². The third-order valence-electron chi connectivity index (χ3n) is 5.66. The van der Waals surface area contributed by atoms with Gasteiger partial charge in [0.1, 0.15) is 23.8 Å². The molecule has 0 atom stereocenters. The average Bonchev–Trinajstić information content (AvgIpc) is 3.47. The molecule has 4 rings (SSSR count). The van der Waals surface area contributed by atoms with E-state index in [1.165, 1.54) is 0 Å². The van der Waals surface area contributed by atoms with Crippen LogP contribution in [0, 0.1) is 13.8 Å². The first-order valence-electron chi connectivity index (χ1n) is 11.9. The molecule has 10 heteroatoms. The minimum Gasteiger partial charge on any atom is -0.385 e. The van der Waals surface area contributed by atoms with Crippen LogP contribution >= 0.6 is 22.7 Å². The lowest BCUT2D eigenvalue weighted by atomic mass is 10.1. The molecule has 2 N–H and O–H groups in total. The number of rotatable bonds is 11. The fraction of sp³-hybridized carbons (Fsp3) is 0.308. The predicted molar refractivity (Wildman–Crippen MR) is 148 cm³/mol. The minimum absolute atomic E-state index is 0.880. The number of benzene rings is 2. The number of azo groups is 2. The van der Waals surface area contributed by atoms with Crippen LogP contribution < -0.4 is 19.8 Å². The summed E-state index contributed by atoms with van der Waals surface area (Å²) in [5, 5.41) is 30.3. The van der Waals surface area contributed by atoms with Crippen molar-refractivity contribution < 1.29 is 9.13 Å². The molecule has 0 aliphatic carbocycles. The molecule has 0 unspecified atom stereocenters. The Morgan fingerprint density at radius 3 is 1.47 bits per heavy atom. The SMILES string of the molecule is Cc1cc(NCCCCNc2ccc(N=Nc3scc[n+]3C)c(C)c2)ccc1N=Nc1scc[n+]1C. The van der Waals surface area contributed by atoms with Gasteiger partial charge in [0.25, 0.3) is 0 Å². The Hall–Kier alpha value is -3.50. The summed E-state index contributed by atoms with van der Waals surface area (Å²) in [4.78, 5) is 0. The van der Waals surface area contributed by atoms with E-state index in [0.717, 1.165) is 70.1 Å². The van der Waals surface area contributed by atoms with Crippen molar-refractivity contribution in [3.05, 3.63) is 70.7 Å². The van der Waals surface area contributed by atoms with Crippen LogP contribution in [0.2, 0.25) is 0 Å². The quantitative estimate of drug-likeness (QED) is 0.124. The third-order valence-corrected chi connectivity index (χ3v) is 7.34. The second-order valence-corrected chi connectivity index (χ2v) is 10.3. The lowest BCUT2D eigenvalue weighted by Crippen LogP contribution is -2.23. The summed E-state index contributed by atoms with van der Waals surface area (Å²) in [6, 6.07) is 12.4. The van der Waals surface area contributed by atoms with Crippen molar-refractivity contribution >= 4 is 55.7 Å². The molecular weight excluding hydrogens is 488 g/mol. The van der Waals surface area contributed by atoms with Crippen molar-refractivity contribution in [3.8, 4) is 0 Å². The lowest BCUT2D eigenvalue weighted by Gasteiger charge is -2.10. The number of aromatic nitrogens is 2. The third kappa shape index (κ3) is 7.02. The van der Waals surface area contributed by atoms with Gasteiger partial charge in [-0.05, 0) is 107 Å². The van der Waals surface area contributed by atoms with Crippen molar-refractivity contribution in [2.45, 2.75) is 26.7 Å². The number of anilines is 2. The van der Waals surface area contributed by atoms with E-state index in [2.05, 4.69) is 69.2 Å². The molecule has 2 aromatic carbocycles. The number of hydrogen-bond donors (Lipinski definition) is 2. The molecule has 0 saturated carbocycles. The molecule has 4 aromatic rings. The number of hydrogen-bond acceptors (Lipinski definition) is 8. The molecule has 2 heterocycles. The fourth-order valence-electron chi connectivity index (χ4n) is 3.51. The number of thiazole rings is 2. The molecule has 0 amide bonds. The molecule has 0 fully saturated rings. The largest absolute Gasteiger partial charge is 0.408 e. The molecule has 2 aromatic heterocycles. The summed E-state index contributed by atoms with van der Waals surface area (Å²) >= 11 is 3.15. The second-order valence-electron chi connectivity index (χ2n) is 8.56. The van der Waals surface area contributed by atoms with Gasteiger partial charge in [0.2, 0.25) is 0 Å². The Balaban J connectivity index is 1.18. The number of unbranched alkanes of at least 4 members (excludes halogenated alkanes) is 1. The van der Waals surface area contributed by atoms with Crippen molar-refractivity contribution in [2.75, 3.05) is 23.7 Å². The zero-order valence-corrected chi connectivity index (χ0v) is 22.7. The highest BCUT2D eigenvalue weighted by molar-refractivity contribution is 7.13. The van der Waals surface area contributed by atoms with Crippen LogP contribution in [0.25, 0.3) is 0 Å². The zero-order chi connectivity index (χ0) is 25.3. The van der Waals surface area contributed by atoms with Gasteiger partial charge in [-0.1, -0.05) is 0 Å². The van der Waals surface area contributed by atoms with Crippen LogP contribution in [0.3, 0.4) is 0 Å². The van der Waals surface area contributed by atoms with E-state index in [1.54, 1.807) is 22.7 Å². The van der Waals surface area contributed by atoms with E-state index in [9.17, 15) is 0 Å². The first-order chi connectivity index (χ1) is 17.5. The van der Waals surface area contributed by atoms with Gasteiger partial charge in [-0.25, -0.2) is 9.13 Å². The van der Waals surface area contributed by atoms with Gasteiger partial charge in [-0.15, -0.1) is 0 Å². The van der Waals surface area contributed by atoms with E-state index >= 15 is 0 Å². The molecule has 186 valence electrons. The zero-order valence-electron chi connectivity index (χ0n) is 21.1. The average molecular weight is 521 g/mol. The topological polar surface area (TPSA) is 81.3 Å². The molecule has 0 spiro atoms. The molecule has 36 heavy (non-hydrogen) atoms. The predicted octanol–water partition coefficient (Wildman–Crippen LogP) is 7.21. The second kappa shape index (κ2) is 12.5. The van der Waals surface area contributed by atoms with Crippen molar-refractivity contribution in [1.82, 2.24) is 0 Å². The number of nitrogens with zero attached hydrogens (tertiary/aromatic N) is 6. The van der Waals surface area contributed by atoms with Crippen LogP contribution in [0.1, 0.15) is 24.0 Å². The summed E-state index contributed by atoms with van der Waals surface area (Å²) < 4.78 is 3.92. The van der Waals surface area contributed by atoms with Crippen LogP contribution in [-0.2, 0) is 14.1 Å². The molecule has 0 bridgehead atoms. The highest BCUT2D eigenvalue weighted by Gasteiger charge is 2.09. The summed E-state index contributed by atoms with van der Waals surface area (Å²) in [7, 11) is 3.94. The van der Waals surface area contributed by atoms with Crippen LogP contribution in [-0.4, -0.2) is 13.1 Å². The molecule has 0 radical (unpaired) electrons. The maximum absolute atomic E-state index is 4.40. The number of nitrogens with one attached hydrogen (secondary N) is 2. The first kappa shape index (κ1) is 25.6. The Morgan fingerprint density at radius 1 is 0.667 bits per heavy atom. The standard InChI is InChI=1S/C26H30N8S2/c1-19-17-21(7-9-23(19)29-31-25-33(3)13-15-35-25)27-11-5-6-12-28-22-8-10-24(20(2)18-22)30-32-26-34(4)14-16-36-26/h7-10,13-18H,5-6,11-12H2,1-4H3/p+2. The lowest BCUT2D eigenvalue weighted by molar-refractivity contribution is -0.654. The highest BCUT2D eigenvalue weighted by atomic mass is 32.1. The van der Waals surface area contributed by atoms with Gasteiger partial charge in [0, 0.05) is 35.2 Å². The Bertz CT molecular complexity index is 1250. The van der Waals surface area contributed by atoms with Crippen LogP contribution in [0.5, 0.6) is 0 Å². The maximum Gasteiger partial charge on any atom is 0.408 e. The van der Waals surface area contributed by atoms with Gasteiger partial charge in [-0.3, -0.25) is 0 Å².